The highest BCUT2D eigenvalue weighted by Gasteiger charge is 2.08. The molecule has 1 rings (SSSR count). The molecule has 1 atom stereocenters. The van der Waals surface area contributed by atoms with Gasteiger partial charge in [0.05, 0.1) is 0 Å². The van der Waals surface area contributed by atoms with Gasteiger partial charge in [-0.2, -0.15) is 11.8 Å². The van der Waals surface area contributed by atoms with Crippen LogP contribution in [0, 0.1) is 0 Å². The van der Waals surface area contributed by atoms with E-state index >= 15 is 0 Å². The Morgan fingerprint density at radius 2 is 1.67 bits per heavy atom. The first-order chi connectivity index (χ1) is 7.19. The van der Waals surface area contributed by atoms with Crippen LogP contribution in [0.1, 0.15) is 36.9 Å². The molecule has 84 valence electrons. The van der Waals surface area contributed by atoms with Crippen molar-refractivity contribution in [3.8, 4) is 0 Å². The molecule has 1 N–H and O–H groups in total. The molecular weight excluding hydrogens is 202 g/mol. The average molecular weight is 223 g/mol. The lowest BCUT2D eigenvalue weighted by Crippen LogP contribution is -2.18. The molecule has 15 heavy (non-hydrogen) atoms. The van der Waals surface area contributed by atoms with Gasteiger partial charge in [0, 0.05) is 11.8 Å². The smallest absolute Gasteiger partial charge is 0.0409 e. The first-order valence-corrected chi connectivity index (χ1v) is 6.84. The Morgan fingerprint density at radius 1 is 1.13 bits per heavy atom. The third-order valence-electron chi connectivity index (χ3n) is 2.69. The number of hydrogen-bond donors (Lipinski definition) is 1. The van der Waals surface area contributed by atoms with E-state index in [4.69, 9.17) is 0 Å². The molecular formula is C13H21NS. The topological polar surface area (TPSA) is 12.0 Å². The second kappa shape index (κ2) is 6.19. The van der Waals surface area contributed by atoms with Crippen molar-refractivity contribution in [1.82, 2.24) is 5.32 Å². The number of rotatable bonds is 5. The van der Waals surface area contributed by atoms with Crippen LogP contribution in [0.2, 0.25) is 0 Å². The molecule has 0 aliphatic carbocycles. The second-order valence-electron chi connectivity index (χ2n) is 4.12. The molecule has 2 heteroatoms. The summed E-state index contributed by atoms with van der Waals surface area (Å²) in [4.78, 5) is 0. The predicted molar refractivity (Wildman–Crippen MR) is 70.7 cm³/mol. The second-order valence-corrected chi connectivity index (χ2v) is 5.03. The summed E-state index contributed by atoms with van der Waals surface area (Å²) in [6.45, 7) is 4.46. The highest BCUT2D eigenvalue weighted by Crippen LogP contribution is 2.20. The van der Waals surface area contributed by atoms with Crippen molar-refractivity contribution in [2.24, 2.45) is 0 Å². The largest absolute Gasteiger partial charge is 0.312 e. The van der Waals surface area contributed by atoms with E-state index in [0.717, 1.165) is 5.75 Å². The molecule has 1 unspecified atom stereocenters. The first kappa shape index (κ1) is 12.6. The molecule has 1 aromatic rings. The van der Waals surface area contributed by atoms with Crippen molar-refractivity contribution in [3.63, 3.8) is 0 Å². The molecule has 0 radical (unpaired) electrons. The molecule has 0 saturated carbocycles. The van der Waals surface area contributed by atoms with Crippen LogP contribution in [0.4, 0.5) is 0 Å². The van der Waals surface area contributed by atoms with Gasteiger partial charge in [0.25, 0.3) is 0 Å². The summed E-state index contributed by atoms with van der Waals surface area (Å²) >= 11 is 1.88. The van der Waals surface area contributed by atoms with E-state index < -0.39 is 0 Å². The minimum absolute atomic E-state index is 0.473. The molecule has 1 nitrogen and oxygen atoms in total. The Bertz CT molecular complexity index is 279. The zero-order valence-corrected chi connectivity index (χ0v) is 10.9. The summed E-state index contributed by atoms with van der Waals surface area (Å²) in [6.07, 6.45) is 2.15. The molecule has 0 spiro atoms. The Hall–Kier alpha value is -0.470. The molecule has 0 fully saturated rings. The van der Waals surface area contributed by atoms with Crippen molar-refractivity contribution < 1.29 is 0 Å². The number of benzene rings is 1. The third kappa shape index (κ3) is 3.54. The molecule has 0 saturated heterocycles. The maximum Gasteiger partial charge on any atom is 0.0409 e. The lowest BCUT2D eigenvalue weighted by molar-refractivity contribution is 0.661. The van der Waals surface area contributed by atoms with Crippen molar-refractivity contribution in [3.05, 3.63) is 35.4 Å². The Balaban J connectivity index is 2.77. The van der Waals surface area contributed by atoms with Gasteiger partial charge in [-0.1, -0.05) is 38.1 Å². The van der Waals surface area contributed by atoms with Gasteiger partial charge in [0.2, 0.25) is 0 Å². The highest BCUT2D eigenvalue weighted by atomic mass is 32.2. The first-order valence-electron chi connectivity index (χ1n) is 5.45. The third-order valence-corrected chi connectivity index (χ3v) is 3.35. The monoisotopic (exact) mass is 223 g/mol. The van der Waals surface area contributed by atoms with E-state index in [-0.39, 0.29) is 0 Å². The highest BCUT2D eigenvalue weighted by molar-refractivity contribution is 7.98. The molecule has 0 aliphatic rings. The van der Waals surface area contributed by atoms with E-state index in [2.05, 4.69) is 49.7 Å². The molecule has 0 aromatic heterocycles. The van der Waals surface area contributed by atoms with Gasteiger partial charge in [-0.25, -0.2) is 0 Å². The normalized spacial score (nSPS) is 13.1. The summed E-state index contributed by atoms with van der Waals surface area (Å²) in [5.41, 5.74) is 2.80. The SMILES string of the molecule is CNC(CSC)c1ccc(C(C)C)cc1. The molecule has 0 aliphatic heterocycles. The van der Waals surface area contributed by atoms with Gasteiger partial charge in [0.1, 0.15) is 0 Å². The molecule has 1 aromatic carbocycles. The minimum Gasteiger partial charge on any atom is -0.312 e. The van der Waals surface area contributed by atoms with Crippen LogP contribution in [-0.4, -0.2) is 19.1 Å². The summed E-state index contributed by atoms with van der Waals surface area (Å²) in [5.74, 6) is 1.74. The van der Waals surface area contributed by atoms with Crippen LogP contribution in [0.3, 0.4) is 0 Å². The van der Waals surface area contributed by atoms with Crippen LogP contribution < -0.4 is 5.32 Å². The summed E-state index contributed by atoms with van der Waals surface area (Å²) in [6, 6.07) is 9.44. The lowest BCUT2D eigenvalue weighted by atomic mass is 10.00. The maximum atomic E-state index is 3.35. The van der Waals surface area contributed by atoms with E-state index in [0.29, 0.717) is 12.0 Å². The van der Waals surface area contributed by atoms with Crippen molar-refractivity contribution >= 4 is 11.8 Å². The molecule has 0 heterocycles. The van der Waals surface area contributed by atoms with Crippen LogP contribution >= 0.6 is 11.8 Å². The zero-order chi connectivity index (χ0) is 11.3. The molecule has 0 amide bonds. The summed E-state index contributed by atoms with van der Waals surface area (Å²) in [5, 5.41) is 3.35. The fourth-order valence-corrected chi connectivity index (χ4v) is 2.32. The maximum absolute atomic E-state index is 3.35. The van der Waals surface area contributed by atoms with Gasteiger partial charge in [-0.15, -0.1) is 0 Å². The number of thioether (sulfide) groups is 1. The van der Waals surface area contributed by atoms with E-state index in [9.17, 15) is 0 Å². The van der Waals surface area contributed by atoms with Gasteiger partial charge >= 0.3 is 0 Å². The van der Waals surface area contributed by atoms with E-state index in [1.54, 1.807) is 0 Å². The number of nitrogens with one attached hydrogen (secondary N) is 1. The fraction of sp³-hybridized carbons (Fsp3) is 0.538. The van der Waals surface area contributed by atoms with Gasteiger partial charge in [-0.3, -0.25) is 0 Å². The Labute approximate surface area is 97.7 Å². The van der Waals surface area contributed by atoms with Crippen LogP contribution in [0.25, 0.3) is 0 Å². The summed E-state index contributed by atoms with van der Waals surface area (Å²) < 4.78 is 0. The number of hydrogen-bond acceptors (Lipinski definition) is 2. The van der Waals surface area contributed by atoms with Crippen LogP contribution in [0.15, 0.2) is 24.3 Å². The zero-order valence-electron chi connectivity index (χ0n) is 10.1. The standard InChI is InChI=1S/C13H21NS/c1-10(2)11-5-7-12(8-6-11)13(14-3)9-15-4/h5-8,10,13-14H,9H2,1-4H3. The van der Waals surface area contributed by atoms with Gasteiger partial charge < -0.3 is 5.32 Å². The van der Waals surface area contributed by atoms with Crippen molar-refractivity contribution in [2.45, 2.75) is 25.8 Å². The Kier molecular flexibility index (Phi) is 5.20. The quantitative estimate of drug-likeness (QED) is 0.820. The minimum atomic E-state index is 0.473. The average Bonchev–Trinajstić information content (AvgIpc) is 2.26. The summed E-state index contributed by atoms with van der Waals surface area (Å²) in [7, 11) is 2.03. The van der Waals surface area contributed by atoms with Crippen LogP contribution in [0.5, 0.6) is 0 Å². The predicted octanol–water partition coefficient (Wildman–Crippen LogP) is 3.43. The Morgan fingerprint density at radius 3 is 2.07 bits per heavy atom. The van der Waals surface area contributed by atoms with E-state index in [1.807, 2.05) is 18.8 Å². The lowest BCUT2D eigenvalue weighted by Gasteiger charge is -2.16. The molecule has 0 bridgehead atoms. The van der Waals surface area contributed by atoms with Crippen LogP contribution in [-0.2, 0) is 0 Å². The fourth-order valence-electron chi connectivity index (χ4n) is 1.63. The van der Waals surface area contributed by atoms with E-state index in [1.165, 1.54) is 11.1 Å². The van der Waals surface area contributed by atoms with Gasteiger partial charge in [-0.05, 0) is 30.3 Å². The van der Waals surface area contributed by atoms with Crippen molar-refractivity contribution in [2.75, 3.05) is 19.1 Å². The van der Waals surface area contributed by atoms with Gasteiger partial charge in [0.15, 0.2) is 0 Å². The van der Waals surface area contributed by atoms with Crippen molar-refractivity contribution in [1.29, 1.82) is 0 Å².